The van der Waals surface area contributed by atoms with Crippen LogP contribution in [-0.4, -0.2) is 36.5 Å². The van der Waals surface area contributed by atoms with Crippen molar-refractivity contribution in [3.8, 4) is 5.75 Å². The van der Waals surface area contributed by atoms with E-state index in [1.54, 1.807) is 38.1 Å². The Morgan fingerprint density at radius 2 is 1.75 bits per heavy atom. The van der Waals surface area contributed by atoms with Gasteiger partial charge >= 0.3 is 5.97 Å². The quantitative estimate of drug-likeness (QED) is 0.798. The van der Waals surface area contributed by atoms with Crippen LogP contribution in [0.4, 0.5) is 15.8 Å². The topological polar surface area (TPSA) is 84.9 Å². The zero-order chi connectivity index (χ0) is 20.3. The molecule has 146 valence electrons. The van der Waals surface area contributed by atoms with Gasteiger partial charge in [-0.2, -0.15) is 0 Å². The minimum absolute atomic E-state index is 0.299. The van der Waals surface area contributed by atoms with Gasteiger partial charge in [-0.1, -0.05) is 12.1 Å². The zero-order valence-electron chi connectivity index (χ0n) is 15.4. The van der Waals surface area contributed by atoms with Crippen molar-refractivity contribution < 1.29 is 28.2 Å². The van der Waals surface area contributed by atoms with Gasteiger partial charge in [0.1, 0.15) is 17.1 Å². The second-order valence-electron chi connectivity index (χ2n) is 6.66. The first kappa shape index (κ1) is 19.3. The lowest BCUT2D eigenvalue weighted by atomic mass is 9.96. The monoisotopic (exact) mass is 386 g/mol. The van der Waals surface area contributed by atoms with Crippen LogP contribution in [-0.2, 0) is 19.1 Å². The number of benzene rings is 2. The first-order chi connectivity index (χ1) is 13.3. The number of rotatable bonds is 5. The maximum atomic E-state index is 12.9. The number of nitrogens with one attached hydrogen (secondary N) is 1. The molecule has 1 heterocycles. The lowest BCUT2D eigenvalue weighted by Crippen LogP contribution is -2.59. The summed E-state index contributed by atoms with van der Waals surface area (Å²) >= 11 is 0. The molecule has 7 nitrogen and oxygen atoms in total. The summed E-state index contributed by atoms with van der Waals surface area (Å²) in [7, 11) is 0. The summed E-state index contributed by atoms with van der Waals surface area (Å²) in [5.74, 6) is -1.76. The predicted molar refractivity (Wildman–Crippen MR) is 99.5 cm³/mol. The van der Waals surface area contributed by atoms with Crippen molar-refractivity contribution in [1.29, 1.82) is 0 Å². The van der Waals surface area contributed by atoms with E-state index in [4.69, 9.17) is 9.47 Å². The number of ether oxygens (including phenoxy) is 2. The Kier molecular flexibility index (Phi) is 5.30. The van der Waals surface area contributed by atoms with Crippen molar-refractivity contribution in [1.82, 2.24) is 0 Å². The van der Waals surface area contributed by atoms with Crippen LogP contribution in [0.3, 0.4) is 0 Å². The molecule has 1 aliphatic rings. The number of fused-ring (bicyclic) bond motifs is 1. The molecule has 0 spiro atoms. The third kappa shape index (κ3) is 3.95. The number of carbonyl (C=O) groups excluding carboxylic acids is 3. The van der Waals surface area contributed by atoms with Crippen molar-refractivity contribution in [2.24, 2.45) is 0 Å². The normalized spacial score (nSPS) is 14.7. The van der Waals surface area contributed by atoms with E-state index < -0.39 is 36.4 Å². The lowest BCUT2D eigenvalue weighted by Gasteiger charge is -2.41. The van der Waals surface area contributed by atoms with Crippen LogP contribution in [0.15, 0.2) is 48.5 Å². The first-order valence-corrected chi connectivity index (χ1v) is 8.56. The van der Waals surface area contributed by atoms with Crippen LogP contribution in [0, 0.1) is 5.82 Å². The van der Waals surface area contributed by atoms with Crippen molar-refractivity contribution in [3.05, 3.63) is 54.3 Å². The molecular formula is C20H19FN2O5. The molecule has 2 aromatic rings. The van der Waals surface area contributed by atoms with Gasteiger partial charge < -0.3 is 14.8 Å². The van der Waals surface area contributed by atoms with E-state index in [-0.39, 0.29) is 5.91 Å². The number of anilines is 2. The molecule has 1 aliphatic heterocycles. The van der Waals surface area contributed by atoms with Gasteiger partial charge in [-0.05, 0) is 50.2 Å². The first-order valence-electron chi connectivity index (χ1n) is 8.56. The Bertz CT molecular complexity index is 911. The Morgan fingerprint density at radius 3 is 2.46 bits per heavy atom. The summed E-state index contributed by atoms with van der Waals surface area (Å²) in [6.07, 6.45) is 0. The van der Waals surface area contributed by atoms with E-state index in [9.17, 15) is 18.8 Å². The smallest absolute Gasteiger partial charge is 0.344 e. The fourth-order valence-corrected chi connectivity index (χ4v) is 2.82. The van der Waals surface area contributed by atoms with Gasteiger partial charge in [0.25, 0.3) is 5.91 Å². The second-order valence-corrected chi connectivity index (χ2v) is 6.66. The number of esters is 1. The molecule has 0 saturated carbocycles. The van der Waals surface area contributed by atoms with Crippen molar-refractivity contribution >= 4 is 29.2 Å². The summed E-state index contributed by atoms with van der Waals surface area (Å²) in [5.41, 5.74) is -0.121. The highest BCUT2D eigenvalue weighted by molar-refractivity contribution is 6.14. The molecule has 0 aromatic heterocycles. The SMILES string of the molecule is CC1(C)C(=O)Nc2ccccc2N1C(=O)COC(=O)COc1ccc(F)cc1. The van der Waals surface area contributed by atoms with E-state index in [1.807, 2.05) is 0 Å². The van der Waals surface area contributed by atoms with Gasteiger partial charge in [0.2, 0.25) is 5.91 Å². The fourth-order valence-electron chi connectivity index (χ4n) is 2.82. The molecule has 0 radical (unpaired) electrons. The molecule has 28 heavy (non-hydrogen) atoms. The Labute approximate surface area is 161 Å². The van der Waals surface area contributed by atoms with E-state index in [1.165, 1.54) is 29.2 Å². The molecule has 2 aromatic carbocycles. The van der Waals surface area contributed by atoms with Crippen LogP contribution in [0.5, 0.6) is 5.75 Å². The predicted octanol–water partition coefficient (Wildman–Crippen LogP) is 2.51. The van der Waals surface area contributed by atoms with Gasteiger partial charge in [-0.25, -0.2) is 9.18 Å². The van der Waals surface area contributed by atoms with E-state index in [0.717, 1.165) is 0 Å². The average Bonchev–Trinajstić information content (AvgIpc) is 2.66. The summed E-state index contributed by atoms with van der Waals surface area (Å²) in [4.78, 5) is 38.3. The van der Waals surface area contributed by atoms with E-state index in [0.29, 0.717) is 17.1 Å². The second kappa shape index (κ2) is 7.67. The molecule has 1 N–H and O–H groups in total. The van der Waals surface area contributed by atoms with Crippen molar-refractivity contribution in [2.75, 3.05) is 23.4 Å². The molecule has 8 heteroatoms. The van der Waals surface area contributed by atoms with Gasteiger partial charge in [0.15, 0.2) is 13.2 Å². The number of hydrogen-bond acceptors (Lipinski definition) is 5. The number of hydrogen-bond donors (Lipinski definition) is 1. The molecular weight excluding hydrogens is 367 g/mol. The summed E-state index contributed by atoms with van der Waals surface area (Å²) in [6.45, 7) is 2.24. The van der Waals surface area contributed by atoms with Crippen molar-refractivity contribution in [3.63, 3.8) is 0 Å². The molecule has 3 rings (SSSR count). The van der Waals surface area contributed by atoms with Crippen LogP contribution < -0.4 is 15.0 Å². The van der Waals surface area contributed by atoms with Crippen LogP contribution >= 0.6 is 0 Å². The lowest BCUT2D eigenvalue weighted by molar-refractivity contribution is -0.150. The summed E-state index contributed by atoms with van der Waals surface area (Å²) in [6, 6.07) is 12.0. The maximum absolute atomic E-state index is 12.9. The van der Waals surface area contributed by atoms with Crippen LogP contribution in [0.2, 0.25) is 0 Å². The molecule has 0 unspecified atom stereocenters. The molecule has 0 fully saturated rings. The van der Waals surface area contributed by atoms with Gasteiger partial charge in [0, 0.05) is 0 Å². The van der Waals surface area contributed by atoms with Gasteiger partial charge in [0.05, 0.1) is 11.4 Å². The molecule has 0 saturated heterocycles. The largest absolute Gasteiger partial charge is 0.482 e. The maximum Gasteiger partial charge on any atom is 0.344 e. The Balaban J connectivity index is 1.62. The van der Waals surface area contributed by atoms with Crippen molar-refractivity contribution in [2.45, 2.75) is 19.4 Å². The third-order valence-electron chi connectivity index (χ3n) is 4.28. The van der Waals surface area contributed by atoms with E-state index in [2.05, 4.69) is 5.32 Å². The molecule has 2 amide bonds. The molecule has 0 atom stereocenters. The van der Waals surface area contributed by atoms with Crippen LogP contribution in [0.25, 0.3) is 0 Å². The van der Waals surface area contributed by atoms with Crippen LogP contribution in [0.1, 0.15) is 13.8 Å². The summed E-state index contributed by atoms with van der Waals surface area (Å²) < 4.78 is 23.0. The minimum atomic E-state index is -1.15. The molecule has 0 bridgehead atoms. The van der Waals surface area contributed by atoms with Gasteiger partial charge in [-0.3, -0.25) is 14.5 Å². The third-order valence-corrected chi connectivity index (χ3v) is 4.28. The average molecular weight is 386 g/mol. The highest BCUT2D eigenvalue weighted by Gasteiger charge is 2.43. The highest BCUT2D eigenvalue weighted by Crippen LogP contribution is 2.36. The number of amides is 2. The Hall–Kier alpha value is -3.42. The van der Waals surface area contributed by atoms with Gasteiger partial charge in [-0.15, -0.1) is 0 Å². The number of para-hydroxylation sites is 2. The number of carbonyl (C=O) groups is 3. The molecule has 0 aliphatic carbocycles. The number of nitrogens with zero attached hydrogens (tertiary/aromatic N) is 1. The fraction of sp³-hybridized carbons (Fsp3) is 0.250. The standard InChI is InChI=1S/C20H19FN2O5/c1-20(2)19(26)22-15-5-3-4-6-16(15)23(20)17(24)11-28-18(25)12-27-14-9-7-13(21)8-10-14/h3-10H,11-12H2,1-2H3,(H,22,26). The number of halogens is 1. The highest BCUT2D eigenvalue weighted by atomic mass is 19.1. The zero-order valence-corrected chi connectivity index (χ0v) is 15.4. The summed E-state index contributed by atoms with van der Waals surface area (Å²) in [5, 5.41) is 2.76. The minimum Gasteiger partial charge on any atom is -0.482 e. The van der Waals surface area contributed by atoms with E-state index >= 15 is 0 Å². The Morgan fingerprint density at radius 1 is 1.07 bits per heavy atom.